The topological polar surface area (TPSA) is 26.0 Å². The van der Waals surface area contributed by atoms with E-state index in [9.17, 15) is 4.39 Å². The molecule has 62 valence electrons. The minimum atomic E-state index is -0.558. The van der Waals surface area contributed by atoms with Crippen molar-refractivity contribution in [1.29, 1.82) is 0 Å². The molecule has 1 aromatic heterocycles. The fourth-order valence-electron chi connectivity index (χ4n) is 0.933. The number of oxazole rings is 1. The van der Waals surface area contributed by atoms with Crippen LogP contribution in [0.25, 0.3) is 11.1 Å². The summed E-state index contributed by atoms with van der Waals surface area (Å²) in [7, 11) is 0. The second-order valence-corrected chi connectivity index (χ2v) is 2.96. The highest BCUT2D eigenvalue weighted by Crippen LogP contribution is 2.25. The van der Waals surface area contributed by atoms with Crippen LogP contribution in [-0.4, -0.2) is 4.98 Å². The summed E-state index contributed by atoms with van der Waals surface area (Å²) >= 11 is 11.0. The molecule has 0 fully saturated rings. The average molecular weight is 206 g/mol. The molecule has 0 saturated heterocycles. The van der Waals surface area contributed by atoms with Gasteiger partial charge in [-0.3, -0.25) is 0 Å². The average Bonchev–Trinajstić information content (AvgIpc) is 2.29. The third-order valence-corrected chi connectivity index (χ3v) is 1.76. The molecule has 0 amide bonds. The number of nitrogens with zero attached hydrogens (tertiary/aromatic N) is 1. The zero-order chi connectivity index (χ0) is 8.72. The largest absolute Gasteiger partial charge is 0.424 e. The van der Waals surface area contributed by atoms with Gasteiger partial charge < -0.3 is 4.42 Å². The molecule has 0 aliphatic carbocycles. The quantitative estimate of drug-likeness (QED) is 0.660. The van der Waals surface area contributed by atoms with E-state index in [2.05, 4.69) is 4.98 Å². The Morgan fingerprint density at radius 1 is 1.33 bits per heavy atom. The molecule has 2 nitrogen and oxygen atoms in total. The molecule has 12 heavy (non-hydrogen) atoms. The Bertz CT molecular complexity index is 440. The van der Waals surface area contributed by atoms with E-state index >= 15 is 0 Å². The molecule has 1 aromatic carbocycles. The Kier molecular flexibility index (Phi) is 1.70. The molecule has 0 unspecified atom stereocenters. The molecule has 2 rings (SSSR count). The van der Waals surface area contributed by atoms with Crippen LogP contribution in [0.1, 0.15) is 0 Å². The van der Waals surface area contributed by atoms with Crippen molar-refractivity contribution in [2.45, 2.75) is 0 Å². The number of halogens is 3. The van der Waals surface area contributed by atoms with Crippen molar-refractivity contribution in [3.05, 3.63) is 28.3 Å². The molecule has 0 atom stereocenters. The maximum Gasteiger partial charge on any atom is 0.293 e. The van der Waals surface area contributed by atoms with E-state index < -0.39 is 5.82 Å². The maximum atomic E-state index is 13.0. The van der Waals surface area contributed by atoms with Crippen LogP contribution in [0.2, 0.25) is 10.4 Å². The smallest absolute Gasteiger partial charge is 0.293 e. The van der Waals surface area contributed by atoms with E-state index in [0.717, 1.165) is 6.07 Å². The number of aromatic nitrogens is 1. The summed E-state index contributed by atoms with van der Waals surface area (Å²) in [6.45, 7) is 0. The lowest BCUT2D eigenvalue weighted by atomic mass is 10.3. The Hall–Kier alpha value is -0.800. The Morgan fingerprint density at radius 2 is 2.08 bits per heavy atom. The number of fused-ring (bicyclic) bond motifs is 1. The number of hydrogen-bond acceptors (Lipinski definition) is 2. The minimum absolute atomic E-state index is 0.0319. The maximum absolute atomic E-state index is 13.0. The highest BCUT2D eigenvalue weighted by Gasteiger charge is 2.09. The molecule has 1 heterocycles. The second kappa shape index (κ2) is 2.61. The van der Waals surface area contributed by atoms with Crippen molar-refractivity contribution >= 4 is 34.3 Å². The Labute approximate surface area is 76.9 Å². The summed E-state index contributed by atoms with van der Waals surface area (Å²) < 4.78 is 17.8. The van der Waals surface area contributed by atoms with Crippen molar-refractivity contribution in [3.63, 3.8) is 0 Å². The van der Waals surface area contributed by atoms with Gasteiger partial charge in [0, 0.05) is 5.02 Å². The molecule has 2 aromatic rings. The van der Waals surface area contributed by atoms with Crippen molar-refractivity contribution in [3.8, 4) is 0 Å². The molecule has 5 heteroatoms. The first kappa shape index (κ1) is 7.83. The molecular weight excluding hydrogens is 204 g/mol. The first-order valence-corrected chi connectivity index (χ1v) is 3.83. The zero-order valence-corrected chi connectivity index (χ0v) is 7.16. The normalized spacial score (nSPS) is 10.9. The molecule has 0 aliphatic rings. The van der Waals surface area contributed by atoms with Crippen LogP contribution < -0.4 is 0 Å². The van der Waals surface area contributed by atoms with Crippen molar-refractivity contribution < 1.29 is 8.81 Å². The van der Waals surface area contributed by atoms with Gasteiger partial charge in [-0.2, -0.15) is 4.98 Å². The first-order chi connectivity index (χ1) is 5.66. The minimum Gasteiger partial charge on any atom is -0.424 e. The summed E-state index contributed by atoms with van der Waals surface area (Å²) in [4.78, 5) is 3.71. The van der Waals surface area contributed by atoms with Gasteiger partial charge in [0.1, 0.15) is 5.52 Å². The molecule has 0 spiro atoms. The monoisotopic (exact) mass is 205 g/mol. The Morgan fingerprint density at radius 3 is 2.83 bits per heavy atom. The fraction of sp³-hybridized carbons (Fsp3) is 0. The van der Waals surface area contributed by atoms with Crippen molar-refractivity contribution in [2.24, 2.45) is 0 Å². The van der Waals surface area contributed by atoms with Crippen LogP contribution in [0, 0.1) is 5.82 Å². The van der Waals surface area contributed by atoms with E-state index in [4.69, 9.17) is 27.6 Å². The molecular formula is C7H2Cl2FNO. The number of benzene rings is 1. The van der Waals surface area contributed by atoms with Gasteiger partial charge in [0.15, 0.2) is 11.4 Å². The van der Waals surface area contributed by atoms with Gasteiger partial charge >= 0.3 is 0 Å². The summed E-state index contributed by atoms with van der Waals surface area (Å²) in [5.74, 6) is -0.558. The lowest BCUT2D eigenvalue weighted by molar-refractivity contribution is 0.555. The number of rotatable bonds is 0. The highest BCUT2D eigenvalue weighted by atomic mass is 35.5. The zero-order valence-electron chi connectivity index (χ0n) is 5.64. The standard InChI is InChI=1S/C7H2Cl2FNO/c8-3-1-4(10)6-5(2-3)11-7(9)12-6/h1-2H. The van der Waals surface area contributed by atoms with Crippen LogP contribution >= 0.6 is 23.2 Å². The summed E-state index contributed by atoms with van der Waals surface area (Å²) in [6, 6.07) is 2.63. The van der Waals surface area contributed by atoms with Crippen molar-refractivity contribution in [2.75, 3.05) is 0 Å². The summed E-state index contributed by atoms with van der Waals surface area (Å²) in [5.41, 5.74) is 0.356. The van der Waals surface area contributed by atoms with E-state index in [1.165, 1.54) is 6.07 Å². The fourth-order valence-corrected chi connectivity index (χ4v) is 1.30. The van der Waals surface area contributed by atoms with Gasteiger partial charge in [0.05, 0.1) is 0 Å². The van der Waals surface area contributed by atoms with Gasteiger partial charge in [-0.25, -0.2) is 4.39 Å². The van der Waals surface area contributed by atoms with Crippen molar-refractivity contribution in [1.82, 2.24) is 4.98 Å². The van der Waals surface area contributed by atoms with Crippen LogP contribution in [0.5, 0.6) is 0 Å². The molecule has 0 saturated carbocycles. The third-order valence-electron chi connectivity index (χ3n) is 1.38. The molecule has 0 N–H and O–H groups in total. The van der Waals surface area contributed by atoms with Gasteiger partial charge in [0.2, 0.25) is 0 Å². The van der Waals surface area contributed by atoms with E-state index in [0.29, 0.717) is 5.52 Å². The van der Waals surface area contributed by atoms with Gasteiger partial charge in [-0.1, -0.05) is 11.6 Å². The predicted octanol–water partition coefficient (Wildman–Crippen LogP) is 3.27. The molecule has 0 aliphatic heterocycles. The van der Waals surface area contributed by atoms with Gasteiger partial charge in [-0.15, -0.1) is 0 Å². The highest BCUT2D eigenvalue weighted by molar-refractivity contribution is 6.31. The molecule has 0 radical (unpaired) electrons. The molecule has 0 bridgehead atoms. The SMILES string of the molecule is Fc1cc(Cl)cc2nc(Cl)oc12. The Balaban J connectivity index is 2.88. The first-order valence-electron chi connectivity index (χ1n) is 3.08. The van der Waals surface area contributed by atoms with E-state index in [1.54, 1.807) is 0 Å². The van der Waals surface area contributed by atoms with Crippen LogP contribution in [0.3, 0.4) is 0 Å². The van der Waals surface area contributed by atoms with Gasteiger partial charge in [0.25, 0.3) is 5.35 Å². The summed E-state index contributed by atoms with van der Waals surface area (Å²) in [5, 5.41) is 0.177. The predicted molar refractivity (Wildman–Crippen MR) is 44.0 cm³/mol. The third kappa shape index (κ3) is 1.15. The second-order valence-electron chi connectivity index (χ2n) is 2.20. The lowest BCUT2D eigenvalue weighted by Crippen LogP contribution is -1.75. The van der Waals surface area contributed by atoms with E-state index in [-0.39, 0.29) is 16.0 Å². The van der Waals surface area contributed by atoms with Crippen LogP contribution in [0.4, 0.5) is 4.39 Å². The van der Waals surface area contributed by atoms with Crippen LogP contribution in [-0.2, 0) is 0 Å². The summed E-state index contributed by atoms with van der Waals surface area (Å²) in [6.07, 6.45) is 0. The van der Waals surface area contributed by atoms with Gasteiger partial charge in [-0.05, 0) is 23.7 Å². The number of hydrogen-bond donors (Lipinski definition) is 0. The lowest BCUT2D eigenvalue weighted by Gasteiger charge is -1.89. The van der Waals surface area contributed by atoms with Crippen LogP contribution in [0.15, 0.2) is 16.5 Å². The van der Waals surface area contributed by atoms with E-state index in [1.807, 2.05) is 0 Å².